The number of aliphatic hydroxyl groups excluding tert-OH is 1. The molecule has 0 amide bonds. The van der Waals surface area contributed by atoms with E-state index in [0.29, 0.717) is 18.8 Å². The van der Waals surface area contributed by atoms with Crippen LogP contribution in [0.5, 0.6) is 0 Å². The number of aliphatic hydroxyl groups is 2. The Labute approximate surface area is 96.3 Å². The molecule has 0 radical (unpaired) electrons. The first kappa shape index (κ1) is 13.2. The van der Waals surface area contributed by atoms with Crippen LogP contribution in [0.2, 0.25) is 0 Å². The molecule has 0 aliphatic heterocycles. The van der Waals surface area contributed by atoms with Crippen LogP contribution in [0, 0.1) is 5.92 Å². The molecule has 3 N–H and O–H groups in total. The summed E-state index contributed by atoms with van der Waals surface area (Å²) in [6, 6.07) is 3.57. The zero-order chi connectivity index (χ0) is 12.2. The van der Waals surface area contributed by atoms with Crippen LogP contribution in [0.3, 0.4) is 0 Å². The second-order valence-corrected chi connectivity index (χ2v) is 4.64. The molecule has 0 aliphatic carbocycles. The fourth-order valence-electron chi connectivity index (χ4n) is 1.25. The van der Waals surface area contributed by atoms with Crippen LogP contribution in [0.4, 0.5) is 0 Å². The van der Waals surface area contributed by atoms with E-state index in [4.69, 9.17) is 9.52 Å². The van der Waals surface area contributed by atoms with Gasteiger partial charge in [-0.25, -0.2) is 0 Å². The van der Waals surface area contributed by atoms with Gasteiger partial charge in [0.1, 0.15) is 18.1 Å². The van der Waals surface area contributed by atoms with Crippen molar-refractivity contribution in [3.8, 4) is 0 Å². The molecule has 0 bridgehead atoms. The lowest BCUT2D eigenvalue weighted by molar-refractivity contribution is 0.0136. The Bertz CT molecular complexity index is 318. The minimum atomic E-state index is -0.716. The normalized spacial score (nSPS) is 15.4. The number of hydrogen-bond donors (Lipinski definition) is 3. The third-order valence-corrected chi connectivity index (χ3v) is 2.90. The quantitative estimate of drug-likeness (QED) is 0.684. The standard InChI is InChI=1S/C12H21NO3/c1-9(2)12(3,15)8-13-6-10-4-5-11(7-14)16-10/h4-5,9,13-15H,6-8H2,1-3H3. The molecule has 4 nitrogen and oxygen atoms in total. The van der Waals surface area contributed by atoms with Crippen LogP contribution in [0.15, 0.2) is 16.5 Å². The van der Waals surface area contributed by atoms with E-state index in [0.717, 1.165) is 5.76 Å². The smallest absolute Gasteiger partial charge is 0.129 e. The molecular weight excluding hydrogens is 206 g/mol. The Kier molecular flexibility index (Phi) is 4.53. The van der Waals surface area contributed by atoms with Crippen molar-refractivity contribution in [1.82, 2.24) is 5.32 Å². The van der Waals surface area contributed by atoms with Gasteiger partial charge >= 0.3 is 0 Å². The number of hydrogen-bond acceptors (Lipinski definition) is 4. The third kappa shape index (κ3) is 3.63. The summed E-state index contributed by atoms with van der Waals surface area (Å²) in [4.78, 5) is 0. The van der Waals surface area contributed by atoms with Crippen molar-refractivity contribution < 1.29 is 14.6 Å². The van der Waals surface area contributed by atoms with Gasteiger partial charge in [0.2, 0.25) is 0 Å². The molecule has 0 aliphatic rings. The highest BCUT2D eigenvalue weighted by atomic mass is 16.4. The van der Waals surface area contributed by atoms with Gasteiger partial charge in [0.25, 0.3) is 0 Å². The topological polar surface area (TPSA) is 65.6 Å². The summed E-state index contributed by atoms with van der Waals surface area (Å²) in [6.45, 7) is 6.77. The SMILES string of the molecule is CC(C)C(C)(O)CNCc1ccc(CO)o1. The zero-order valence-corrected chi connectivity index (χ0v) is 10.2. The van der Waals surface area contributed by atoms with Crippen LogP contribution in [0.1, 0.15) is 32.3 Å². The first-order valence-corrected chi connectivity index (χ1v) is 5.57. The van der Waals surface area contributed by atoms with Gasteiger partial charge in [0.05, 0.1) is 12.1 Å². The van der Waals surface area contributed by atoms with Crippen LogP contribution in [0.25, 0.3) is 0 Å². The minimum absolute atomic E-state index is 0.0797. The average molecular weight is 227 g/mol. The van der Waals surface area contributed by atoms with Crippen molar-refractivity contribution in [2.24, 2.45) is 5.92 Å². The molecule has 4 heteroatoms. The minimum Gasteiger partial charge on any atom is -0.462 e. The van der Waals surface area contributed by atoms with Gasteiger partial charge < -0.3 is 19.9 Å². The lowest BCUT2D eigenvalue weighted by Crippen LogP contribution is -2.41. The largest absolute Gasteiger partial charge is 0.462 e. The lowest BCUT2D eigenvalue weighted by atomic mass is 9.92. The number of furan rings is 1. The van der Waals surface area contributed by atoms with Crippen molar-refractivity contribution >= 4 is 0 Å². The molecule has 0 saturated heterocycles. The predicted molar refractivity (Wildman–Crippen MR) is 61.8 cm³/mol. The van der Waals surface area contributed by atoms with E-state index in [1.54, 1.807) is 6.07 Å². The summed E-state index contributed by atoms with van der Waals surface area (Å²) >= 11 is 0. The fourth-order valence-corrected chi connectivity index (χ4v) is 1.25. The van der Waals surface area contributed by atoms with Crippen molar-refractivity contribution in [1.29, 1.82) is 0 Å². The molecule has 92 valence electrons. The fraction of sp³-hybridized carbons (Fsp3) is 0.667. The van der Waals surface area contributed by atoms with Crippen LogP contribution >= 0.6 is 0 Å². The van der Waals surface area contributed by atoms with Gasteiger partial charge in [-0.3, -0.25) is 0 Å². The number of nitrogens with one attached hydrogen (secondary N) is 1. The molecular formula is C12H21NO3. The van der Waals surface area contributed by atoms with Gasteiger partial charge in [0, 0.05) is 6.54 Å². The molecule has 1 aromatic rings. The van der Waals surface area contributed by atoms with Gasteiger partial charge in [-0.15, -0.1) is 0 Å². The Morgan fingerprint density at radius 1 is 1.38 bits per heavy atom. The van der Waals surface area contributed by atoms with E-state index in [2.05, 4.69) is 5.32 Å². The van der Waals surface area contributed by atoms with Gasteiger partial charge in [0.15, 0.2) is 0 Å². The lowest BCUT2D eigenvalue weighted by Gasteiger charge is -2.27. The van der Waals surface area contributed by atoms with Crippen LogP contribution in [-0.2, 0) is 13.2 Å². The van der Waals surface area contributed by atoms with E-state index in [9.17, 15) is 5.11 Å². The Hall–Kier alpha value is -0.840. The predicted octanol–water partition coefficient (Wildman–Crippen LogP) is 1.27. The van der Waals surface area contributed by atoms with E-state index in [1.165, 1.54) is 0 Å². The molecule has 1 aromatic heterocycles. The highest BCUT2D eigenvalue weighted by Crippen LogP contribution is 2.15. The summed E-state index contributed by atoms with van der Waals surface area (Å²) in [5.74, 6) is 1.53. The molecule has 1 heterocycles. The second-order valence-electron chi connectivity index (χ2n) is 4.64. The maximum Gasteiger partial charge on any atom is 0.129 e. The highest BCUT2D eigenvalue weighted by Gasteiger charge is 2.24. The summed E-state index contributed by atoms with van der Waals surface area (Å²) in [5, 5.41) is 21.9. The van der Waals surface area contributed by atoms with Crippen molar-refractivity contribution in [2.45, 2.75) is 39.5 Å². The molecule has 0 fully saturated rings. The van der Waals surface area contributed by atoms with E-state index >= 15 is 0 Å². The van der Waals surface area contributed by atoms with E-state index in [1.807, 2.05) is 26.8 Å². The molecule has 0 aromatic carbocycles. The van der Waals surface area contributed by atoms with Crippen LogP contribution in [-0.4, -0.2) is 22.4 Å². The summed E-state index contributed by atoms with van der Waals surface area (Å²) in [6.07, 6.45) is 0. The summed E-state index contributed by atoms with van der Waals surface area (Å²) in [7, 11) is 0. The molecule has 0 spiro atoms. The monoisotopic (exact) mass is 227 g/mol. The van der Waals surface area contributed by atoms with E-state index in [-0.39, 0.29) is 12.5 Å². The molecule has 0 saturated carbocycles. The molecule has 1 atom stereocenters. The Balaban J connectivity index is 2.35. The first-order valence-electron chi connectivity index (χ1n) is 5.57. The molecule has 1 unspecified atom stereocenters. The Morgan fingerprint density at radius 2 is 2.00 bits per heavy atom. The number of rotatable bonds is 6. The van der Waals surface area contributed by atoms with Crippen LogP contribution < -0.4 is 5.32 Å². The third-order valence-electron chi connectivity index (χ3n) is 2.90. The maximum atomic E-state index is 9.99. The van der Waals surface area contributed by atoms with Gasteiger partial charge in [-0.2, -0.15) is 0 Å². The van der Waals surface area contributed by atoms with E-state index < -0.39 is 5.60 Å². The zero-order valence-electron chi connectivity index (χ0n) is 10.2. The second kappa shape index (κ2) is 5.48. The maximum absolute atomic E-state index is 9.99. The highest BCUT2D eigenvalue weighted by molar-refractivity contribution is 5.06. The molecule has 16 heavy (non-hydrogen) atoms. The van der Waals surface area contributed by atoms with Gasteiger partial charge in [-0.05, 0) is 25.0 Å². The average Bonchev–Trinajstić information content (AvgIpc) is 2.65. The van der Waals surface area contributed by atoms with Crippen molar-refractivity contribution in [3.05, 3.63) is 23.7 Å². The van der Waals surface area contributed by atoms with Crippen molar-refractivity contribution in [3.63, 3.8) is 0 Å². The summed E-state index contributed by atoms with van der Waals surface area (Å²) < 4.78 is 5.31. The van der Waals surface area contributed by atoms with Gasteiger partial charge in [-0.1, -0.05) is 13.8 Å². The molecule has 1 rings (SSSR count). The first-order chi connectivity index (χ1) is 7.45. The Morgan fingerprint density at radius 3 is 2.50 bits per heavy atom. The van der Waals surface area contributed by atoms with Crippen molar-refractivity contribution in [2.75, 3.05) is 6.54 Å². The summed E-state index contributed by atoms with van der Waals surface area (Å²) in [5.41, 5.74) is -0.716.